The van der Waals surface area contributed by atoms with Crippen LogP contribution in [0.3, 0.4) is 0 Å². The number of likely N-dealkylation sites (N-methyl/N-ethyl adjacent to an activating group) is 1. The summed E-state index contributed by atoms with van der Waals surface area (Å²) >= 11 is 0. The number of hydrogen-bond acceptors (Lipinski definition) is 3. The second-order valence-electron chi connectivity index (χ2n) is 9.36. The zero-order valence-electron chi connectivity index (χ0n) is 18.6. The highest BCUT2D eigenvalue weighted by Gasteiger charge is 2.47. The second-order valence-corrected chi connectivity index (χ2v) is 9.36. The molecule has 1 saturated heterocycles. The van der Waals surface area contributed by atoms with Crippen molar-refractivity contribution in [3.63, 3.8) is 0 Å². The van der Waals surface area contributed by atoms with Crippen LogP contribution in [0.2, 0.25) is 0 Å². The van der Waals surface area contributed by atoms with Gasteiger partial charge in [0, 0.05) is 31.6 Å². The summed E-state index contributed by atoms with van der Waals surface area (Å²) in [6.07, 6.45) is 5.53. The molecule has 2 fully saturated rings. The SMILES string of the molecule is Cc1occc1C(=O)N(C)[C@@H](Cc1ccccc1F)C1CCN(C(=O)C2(C)CC2)CC1. The van der Waals surface area contributed by atoms with Gasteiger partial charge in [-0.3, -0.25) is 9.59 Å². The minimum atomic E-state index is -0.248. The molecule has 1 aromatic carbocycles. The molecule has 0 spiro atoms. The van der Waals surface area contributed by atoms with E-state index in [2.05, 4.69) is 0 Å². The van der Waals surface area contributed by atoms with Gasteiger partial charge in [0.2, 0.25) is 5.91 Å². The van der Waals surface area contributed by atoms with Crippen molar-refractivity contribution < 1.29 is 18.4 Å². The van der Waals surface area contributed by atoms with E-state index < -0.39 is 0 Å². The topological polar surface area (TPSA) is 53.8 Å². The van der Waals surface area contributed by atoms with E-state index in [-0.39, 0.29) is 35.0 Å². The fourth-order valence-electron chi connectivity index (χ4n) is 4.73. The zero-order valence-corrected chi connectivity index (χ0v) is 18.6. The molecule has 2 aromatic rings. The Balaban J connectivity index is 1.52. The highest BCUT2D eigenvalue weighted by molar-refractivity contribution is 5.95. The second kappa shape index (κ2) is 8.48. The van der Waals surface area contributed by atoms with Gasteiger partial charge in [0.1, 0.15) is 11.6 Å². The van der Waals surface area contributed by atoms with Gasteiger partial charge in [-0.05, 0) is 62.6 Å². The van der Waals surface area contributed by atoms with Crippen molar-refractivity contribution in [2.24, 2.45) is 11.3 Å². The Morgan fingerprint density at radius 2 is 1.90 bits per heavy atom. The Labute approximate surface area is 183 Å². The Bertz CT molecular complexity index is 957. The zero-order chi connectivity index (χ0) is 22.2. The third-order valence-electron chi connectivity index (χ3n) is 7.18. The van der Waals surface area contributed by atoms with Crippen molar-refractivity contribution in [2.75, 3.05) is 20.1 Å². The number of piperidine rings is 1. The van der Waals surface area contributed by atoms with E-state index in [0.717, 1.165) is 25.7 Å². The fraction of sp³-hybridized carbons (Fsp3) is 0.520. The molecule has 0 bridgehead atoms. The van der Waals surface area contributed by atoms with E-state index >= 15 is 0 Å². The summed E-state index contributed by atoms with van der Waals surface area (Å²) in [5.41, 5.74) is 0.987. The molecule has 1 aliphatic heterocycles. The standard InChI is InChI=1S/C25H31FN2O3/c1-17-20(10-15-31-17)23(29)27(3)22(16-19-6-4-5-7-21(19)26)18-8-13-28(14-9-18)24(30)25(2)11-12-25/h4-7,10,15,18,22H,8-9,11-14,16H2,1-3H3/t22-/m0/s1. The fourth-order valence-corrected chi connectivity index (χ4v) is 4.73. The highest BCUT2D eigenvalue weighted by atomic mass is 19.1. The molecule has 166 valence electrons. The van der Waals surface area contributed by atoms with Crippen LogP contribution in [0.25, 0.3) is 0 Å². The molecule has 0 N–H and O–H groups in total. The molecular formula is C25H31FN2O3. The van der Waals surface area contributed by atoms with Crippen LogP contribution in [0.5, 0.6) is 0 Å². The van der Waals surface area contributed by atoms with Crippen molar-refractivity contribution in [3.8, 4) is 0 Å². The van der Waals surface area contributed by atoms with Crippen LogP contribution < -0.4 is 0 Å². The summed E-state index contributed by atoms with van der Waals surface area (Å²) in [6, 6.07) is 8.29. The monoisotopic (exact) mass is 426 g/mol. The minimum absolute atomic E-state index is 0.114. The number of halogens is 1. The Morgan fingerprint density at radius 3 is 2.48 bits per heavy atom. The number of carbonyl (C=O) groups is 2. The molecule has 0 radical (unpaired) electrons. The van der Waals surface area contributed by atoms with E-state index in [1.807, 2.05) is 17.9 Å². The lowest BCUT2D eigenvalue weighted by molar-refractivity contribution is -0.138. The third kappa shape index (κ3) is 4.39. The molecule has 1 atom stereocenters. The predicted octanol–water partition coefficient (Wildman–Crippen LogP) is 4.45. The van der Waals surface area contributed by atoms with Gasteiger partial charge in [-0.25, -0.2) is 4.39 Å². The molecule has 4 rings (SSSR count). The van der Waals surface area contributed by atoms with Gasteiger partial charge in [0.25, 0.3) is 5.91 Å². The van der Waals surface area contributed by atoms with Crippen molar-refractivity contribution in [2.45, 2.75) is 52.0 Å². The molecule has 2 amide bonds. The quantitative estimate of drug-likeness (QED) is 0.686. The van der Waals surface area contributed by atoms with Gasteiger partial charge in [0.15, 0.2) is 0 Å². The van der Waals surface area contributed by atoms with Crippen LogP contribution >= 0.6 is 0 Å². The maximum atomic E-state index is 14.5. The van der Waals surface area contributed by atoms with Gasteiger partial charge in [0.05, 0.1) is 11.8 Å². The van der Waals surface area contributed by atoms with E-state index in [9.17, 15) is 14.0 Å². The summed E-state index contributed by atoms with van der Waals surface area (Å²) in [5.74, 6) is 0.671. The number of nitrogens with zero attached hydrogens (tertiary/aromatic N) is 2. The molecule has 1 saturated carbocycles. The number of rotatable bonds is 6. The Kier molecular flexibility index (Phi) is 5.91. The van der Waals surface area contributed by atoms with Crippen LogP contribution in [0.4, 0.5) is 4.39 Å². The lowest BCUT2D eigenvalue weighted by atomic mass is 9.84. The summed E-state index contributed by atoms with van der Waals surface area (Å²) in [5, 5.41) is 0. The van der Waals surface area contributed by atoms with E-state index in [0.29, 0.717) is 36.4 Å². The third-order valence-corrected chi connectivity index (χ3v) is 7.18. The van der Waals surface area contributed by atoms with E-state index in [1.54, 1.807) is 37.1 Å². The maximum absolute atomic E-state index is 14.5. The molecule has 2 aliphatic rings. The molecule has 6 heteroatoms. The van der Waals surface area contributed by atoms with Crippen LogP contribution in [0.15, 0.2) is 41.0 Å². The van der Waals surface area contributed by atoms with Crippen LogP contribution in [-0.2, 0) is 11.2 Å². The number of amides is 2. The van der Waals surface area contributed by atoms with Crippen LogP contribution in [0.1, 0.15) is 54.3 Å². The van der Waals surface area contributed by atoms with Gasteiger partial charge < -0.3 is 14.2 Å². The van der Waals surface area contributed by atoms with Crippen LogP contribution in [-0.4, -0.2) is 47.8 Å². The number of furan rings is 1. The first-order valence-electron chi connectivity index (χ1n) is 11.1. The van der Waals surface area contributed by atoms with E-state index in [4.69, 9.17) is 4.42 Å². The first-order valence-corrected chi connectivity index (χ1v) is 11.1. The Morgan fingerprint density at radius 1 is 1.23 bits per heavy atom. The molecular weight excluding hydrogens is 395 g/mol. The van der Waals surface area contributed by atoms with Gasteiger partial charge in [-0.2, -0.15) is 0 Å². The first-order chi connectivity index (χ1) is 14.8. The molecule has 0 unspecified atom stereocenters. The largest absolute Gasteiger partial charge is 0.469 e. The molecule has 5 nitrogen and oxygen atoms in total. The lowest BCUT2D eigenvalue weighted by Gasteiger charge is -2.40. The maximum Gasteiger partial charge on any atom is 0.257 e. The average molecular weight is 427 g/mol. The smallest absolute Gasteiger partial charge is 0.257 e. The summed E-state index contributed by atoms with van der Waals surface area (Å²) in [7, 11) is 1.79. The normalized spacial score (nSPS) is 19.2. The lowest BCUT2D eigenvalue weighted by Crippen LogP contribution is -2.49. The summed E-state index contributed by atoms with van der Waals surface area (Å²) in [6.45, 7) is 5.21. The molecule has 31 heavy (non-hydrogen) atoms. The molecule has 1 aromatic heterocycles. The van der Waals surface area contributed by atoms with Crippen molar-refractivity contribution in [1.29, 1.82) is 0 Å². The van der Waals surface area contributed by atoms with Gasteiger partial charge >= 0.3 is 0 Å². The van der Waals surface area contributed by atoms with Crippen LogP contribution in [0, 0.1) is 24.1 Å². The predicted molar refractivity (Wildman–Crippen MR) is 116 cm³/mol. The minimum Gasteiger partial charge on any atom is -0.469 e. The number of benzene rings is 1. The van der Waals surface area contributed by atoms with E-state index in [1.165, 1.54) is 12.3 Å². The summed E-state index contributed by atoms with van der Waals surface area (Å²) < 4.78 is 19.8. The number of hydrogen-bond donors (Lipinski definition) is 0. The number of aryl methyl sites for hydroxylation is 1. The van der Waals surface area contributed by atoms with Crippen molar-refractivity contribution in [3.05, 3.63) is 59.3 Å². The summed E-state index contributed by atoms with van der Waals surface area (Å²) in [4.78, 5) is 29.7. The van der Waals surface area contributed by atoms with Crippen molar-refractivity contribution in [1.82, 2.24) is 9.80 Å². The molecule has 1 aliphatic carbocycles. The number of carbonyl (C=O) groups excluding carboxylic acids is 2. The Hall–Kier alpha value is -2.63. The van der Waals surface area contributed by atoms with Gasteiger partial charge in [-0.1, -0.05) is 25.1 Å². The highest BCUT2D eigenvalue weighted by Crippen LogP contribution is 2.47. The van der Waals surface area contributed by atoms with Gasteiger partial charge in [-0.15, -0.1) is 0 Å². The van der Waals surface area contributed by atoms with Crippen molar-refractivity contribution >= 4 is 11.8 Å². The average Bonchev–Trinajstić information content (AvgIpc) is 3.39. The molecule has 2 heterocycles. The first kappa shape index (κ1) is 21.6. The number of likely N-dealkylation sites (tertiary alicyclic amines) is 1.